The highest BCUT2D eigenvalue weighted by atomic mass is 79.9. The Hall–Kier alpha value is -1.70. The number of carbonyl (C=O) groups excluding carboxylic acids is 2. The molecule has 2 N–H and O–H groups in total. The number of hydrogen-bond acceptors (Lipinski definition) is 4. The second kappa shape index (κ2) is 6.20. The largest absolute Gasteiger partial charge is 0.280 e. The average Bonchev–Trinajstić information content (AvgIpc) is 3.09. The van der Waals surface area contributed by atoms with Crippen LogP contribution in [0.5, 0.6) is 0 Å². The van der Waals surface area contributed by atoms with E-state index in [4.69, 9.17) is 0 Å². The molecule has 22 heavy (non-hydrogen) atoms. The summed E-state index contributed by atoms with van der Waals surface area (Å²) in [5.74, 6) is -0.634. The molecule has 0 unspecified atom stereocenters. The van der Waals surface area contributed by atoms with Gasteiger partial charge in [-0.3, -0.25) is 20.4 Å². The van der Waals surface area contributed by atoms with Crippen molar-refractivity contribution in [2.45, 2.75) is 6.92 Å². The van der Waals surface area contributed by atoms with Crippen LogP contribution >= 0.6 is 38.6 Å². The van der Waals surface area contributed by atoms with Crippen LogP contribution in [0.2, 0.25) is 0 Å². The first-order valence-electron chi connectivity index (χ1n) is 6.40. The minimum absolute atomic E-state index is 0.303. The molecule has 2 amide bonds. The molecule has 2 aromatic heterocycles. The summed E-state index contributed by atoms with van der Waals surface area (Å²) in [6, 6.07) is 11.3. The molecule has 0 fully saturated rings. The van der Waals surface area contributed by atoms with Crippen LogP contribution in [0.3, 0.4) is 0 Å². The molecule has 0 saturated heterocycles. The Bertz CT molecular complexity index is 869. The standard InChI is InChI=1S/C15H11BrN2O2S2/c1-8-9-4-2-3-5-10(9)22-13(8)15(20)18-17-14(19)11-6-7-12(16)21-11/h2-7H,1H3,(H,17,19)(H,18,20). The number of nitrogens with one attached hydrogen (secondary N) is 2. The third-order valence-electron chi connectivity index (χ3n) is 3.14. The number of rotatable bonds is 2. The van der Waals surface area contributed by atoms with Gasteiger partial charge in [0.25, 0.3) is 11.8 Å². The van der Waals surface area contributed by atoms with Crippen LogP contribution in [0.25, 0.3) is 10.1 Å². The lowest BCUT2D eigenvalue weighted by molar-refractivity contribution is 0.0851. The Labute approximate surface area is 143 Å². The molecule has 3 aromatic rings. The van der Waals surface area contributed by atoms with E-state index in [-0.39, 0.29) is 11.8 Å². The SMILES string of the molecule is Cc1c(C(=O)NNC(=O)c2ccc(Br)s2)sc2ccccc12. The van der Waals surface area contributed by atoms with E-state index in [1.54, 1.807) is 12.1 Å². The maximum absolute atomic E-state index is 12.3. The van der Waals surface area contributed by atoms with Gasteiger partial charge in [-0.2, -0.15) is 0 Å². The Balaban J connectivity index is 1.73. The minimum atomic E-state index is -0.331. The molecule has 0 saturated carbocycles. The number of aryl methyl sites for hydroxylation is 1. The van der Waals surface area contributed by atoms with Gasteiger partial charge in [0.1, 0.15) is 0 Å². The van der Waals surface area contributed by atoms with Crippen molar-refractivity contribution in [1.82, 2.24) is 10.9 Å². The van der Waals surface area contributed by atoms with E-state index in [1.807, 2.05) is 31.2 Å². The fraction of sp³-hybridized carbons (Fsp3) is 0.0667. The predicted octanol–water partition coefficient (Wildman–Crippen LogP) is 4.11. The van der Waals surface area contributed by atoms with Gasteiger partial charge in [-0.15, -0.1) is 22.7 Å². The van der Waals surface area contributed by atoms with E-state index < -0.39 is 0 Å². The predicted molar refractivity (Wildman–Crippen MR) is 93.5 cm³/mol. The smallest absolute Gasteiger partial charge is 0.266 e. The van der Waals surface area contributed by atoms with Crippen LogP contribution in [-0.2, 0) is 0 Å². The molecule has 112 valence electrons. The first kappa shape index (κ1) is 15.2. The topological polar surface area (TPSA) is 58.2 Å². The Kier molecular flexibility index (Phi) is 4.28. The van der Waals surface area contributed by atoms with Crippen molar-refractivity contribution in [3.8, 4) is 0 Å². The molecule has 0 aliphatic rings. The third-order valence-corrected chi connectivity index (χ3v) is 6.03. The summed E-state index contributed by atoms with van der Waals surface area (Å²) in [6.45, 7) is 1.91. The molecule has 0 bridgehead atoms. The lowest BCUT2D eigenvalue weighted by atomic mass is 10.1. The Morgan fingerprint density at radius 2 is 1.73 bits per heavy atom. The van der Waals surface area contributed by atoms with Gasteiger partial charge in [-0.1, -0.05) is 18.2 Å². The van der Waals surface area contributed by atoms with Crippen molar-refractivity contribution in [3.63, 3.8) is 0 Å². The molecule has 0 aliphatic carbocycles. The maximum atomic E-state index is 12.3. The zero-order valence-corrected chi connectivity index (χ0v) is 14.7. The average molecular weight is 395 g/mol. The van der Waals surface area contributed by atoms with Crippen LogP contribution in [-0.4, -0.2) is 11.8 Å². The van der Waals surface area contributed by atoms with Crippen LogP contribution in [0, 0.1) is 6.92 Å². The van der Waals surface area contributed by atoms with Gasteiger partial charge in [0, 0.05) is 4.70 Å². The fourth-order valence-corrected chi connectivity index (χ4v) is 4.44. The molecule has 0 radical (unpaired) electrons. The van der Waals surface area contributed by atoms with Crippen molar-refractivity contribution < 1.29 is 9.59 Å². The quantitative estimate of drug-likeness (QED) is 0.642. The van der Waals surface area contributed by atoms with E-state index in [2.05, 4.69) is 26.8 Å². The molecule has 2 heterocycles. The summed E-state index contributed by atoms with van der Waals surface area (Å²) in [5, 5.41) is 1.06. The van der Waals surface area contributed by atoms with Gasteiger partial charge in [0.05, 0.1) is 13.5 Å². The summed E-state index contributed by atoms with van der Waals surface area (Å²) in [5.41, 5.74) is 5.83. The van der Waals surface area contributed by atoms with E-state index in [0.29, 0.717) is 9.75 Å². The van der Waals surface area contributed by atoms with Gasteiger partial charge in [0.15, 0.2) is 0 Å². The first-order valence-corrected chi connectivity index (χ1v) is 8.83. The second-order valence-corrected chi connectivity index (χ2v) is 8.08. The summed E-state index contributed by atoms with van der Waals surface area (Å²) in [7, 11) is 0. The van der Waals surface area contributed by atoms with Crippen molar-refractivity contribution in [2.75, 3.05) is 0 Å². The molecule has 3 rings (SSSR count). The number of fused-ring (bicyclic) bond motifs is 1. The second-order valence-electron chi connectivity index (χ2n) is 4.56. The highest BCUT2D eigenvalue weighted by Gasteiger charge is 2.16. The monoisotopic (exact) mass is 394 g/mol. The van der Waals surface area contributed by atoms with Gasteiger partial charge in [-0.25, -0.2) is 0 Å². The lowest BCUT2D eigenvalue weighted by Gasteiger charge is -2.05. The Morgan fingerprint density at radius 3 is 2.41 bits per heavy atom. The first-order chi connectivity index (χ1) is 10.6. The molecule has 0 aliphatic heterocycles. The number of amides is 2. The maximum Gasteiger partial charge on any atom is 0.280 e. The van der Waals surface area contributed by atoms with E-state index >= 15 is 0 Å². The summed E-state index contributed by atoms with van der Waals surface area (Å²) in [6.07, 6.45) is 0. The summed E-state index contributed by atoms with van der Waals surface area (Å²) in [4.78, 5) is 25.3. The van der Waals surface area contributed by atoms with Crippen molar-refractivity contribution >= 4 is 60.5 Å². The number of hydrogen-bond donors (Lipinski definition) is 2. The summed E-state index contributed by atoms with van der Waals surface area (Å²) >= 11 is 6.02. The van der Waals surface area contributed by atoms with Gasteiger partial charge in [0.2, 0.25) is 0 Å². The Morgan fingerprint density at radius 1 is 1.00 bits per heavy atom. The van der Waals surface area contributed by atoms with Crippen LogP contribution in [0.15, 0.2) is 40.2 Å². The number of carbonyl (C=O) groups is 2. The fourth-order valence-electron chi connectivity index (χ4n) is 2.06. The summed E-state index contributed by atoms with van der Waals surface area (Å²) < 4.78 is 1.92. The van der Waals surface area contributed by atoms with E-state index in [9.17, 15) is 9.59 Å². The van der Waals surface area contributed by atoms with Crippen molar-refractivity contribution in [3.05, 3.63) is 55.5 Å². The third kappa shape index (κ3) is 2.92. The molecule has 0 spiro atoms. The van der Waals surface area contributed by atoms with Crippen LogP contribution in [0.1, 0.15) is 24.9 Å². The van der Waals surface area contributed by atoms with E-state index in [1.165, 1.54) is 22.7 Å². The van der Waals surface area contributed by atoms with Gasteiger partial charge in [-0.05, 0) is 52.0 Å². The van der Waals surface area contributed by atoms with Crippen molar-refractivity contribution in [2.24, 2.45) is 0 Å². The molecular formula is C15H11BrN2O2S2. The zero-order chi connectivity index (χ0) is 15.7. The molecule has 0 atom stereocenters. The highest BCUT2D eigenvalue weighted by Crippen LogP contribution is 2.30. The lowest BCUT2D eigenvalue weighted by Crippen LogP contribution is -2.41. The molecule has 4 nitrogen and oxygen atoms in total. The van der Waals surface area contributed by atoms with Gasteiger partial charge < -0.3 is 0 Å². The molecule has 1 aromatic carbocycles. The van der Waals surface area contributed by atoms with Crippen LogP contribution < -0.4 is 10.9 Å². The number of benzene rings is 1. The normalized spacial score (nSPS) is 10.6. The minimum Gasteiger partial charge on any atom is -0.266 e. The number of hydrazine groups is 1. The van der Waals surface area contributed by atoms with Crippen molar-refractivity contribution in [1.29, 1.82) is 0 Å². The number of halogens is 1. The molecule has 7 heteroatoms. The zero-order valence-electron chi connectivity index (χ0n) is 11.5. The highest BCUT2D eigenvalue weighted by molar-refractivity contribution is 9.11. The molecular weight excluding hydrogens is 384 g/mol. The van der Waals surface area contributed by atoms with Gasteiger partial charge >= 0.3 is 0 Å². The van der Waals surface area contributed by atoms with Crippen LogP contribution in [0.4, 0.5) is 0 Å². The van der Waals surface area contributed by atoms with E-state index in [0.717, 1.165) is 19.4 Å². The number of thiophene rings is 2.